The number of carbonyl (C=O) groups is 1. The van der Waals surface area contributed by atoms with Crippen molar-refractivity contribution in [1.82, 2.24) is 4.90 Å². The number of rotatable bonds is 4. The zero-order chi connectivity index (χ0) is 9.84. The largest absolute Gasteiger partial charge is 0.481 e. The van der Waals surface area contributed by atoms with E-state index in [1.807, 2.05) is 13.8 Å². The highest BCUT2D eigenvalue weighted by Gasteiger charge is 2.25. The molecule has 1 N–H and O–H groups in total. The van der Waals surface area contributed by atoms with Gasteiger partial charge in [0, 0.05) is 6.54 Å². The molecule has 1 heterocycles. The lowest BCUT2D eigenvalue weighted by Gasteiger charge is -2.22. The Morgan fingerprint density at radius 1 is 1.38 bits per heavy atom. The number of carboxylic acid groups (broad SMARTS) is 1. The molecule has 0 aliphatic carbocycles. The summed E-state index contributed by atoms with van der Waals surface area (Å²) >= 11 is 0. The molecule has 3 heteroatoms. The van der Waals surface area contributed by atoms with Gasteiger partial charge in [-0.05, 0) is 31.8 Å². The first-order valence-corrected chi connectivity index (χ1v) is 5.06. The van der Waals surface area contributed by atoms with Gasteiger partial charge >= 0.3 is 5.97 Å². The van der Waals surface area contributed by atoms with Gasteiger partial charge in [-0.1, -0.05) is 13.8 Å². The van der Waals surface area contributed by atoms with E-state index < -0.39 is 5.97 Å². The average molecular weight is 185 g/mol. The smallest absolute Gasteiger partial charge is 0.308 e. The van der Waals surface area contributed by atoms with Crippen LogP contribution in [0.15, 0.2) is 0 Å². The standard InChI is InChI=1S/C10H19NO2/c1-8(2)9(10(12)13)7-11-5-3-4-6-11/h8-9H,3-7H2,1-2H3,(H,12,13). The van der Waals surface area contributed by atoms with Gasteiger partial charge in [0.25, 0.3) is 0 Å². The fourth-order valence-corrected chi connectivity index (χ4v) is 1.82. The summed E-state index contributed by atoms with van der Waals surface area (Å²) in [7, 11) is 0. The quantitative estimate of drug-likeness (QED) is 0.720. The fraction of sp³-hybridized carbons (Fsp3) is 0.900. The van der Waals surface area contributed by atoms with Crippen LogP contribution in [0.2, 0.25) is 0 Å². The Hall–Kier alpha value is -0.570. The number of hydrogen-bond acceptors (Lipinski definition) is 2. The van der Waals surface area contributed by atoms with Crippen LogP contribution in [0.5, 0.6) is 0 Å². The van der Waals surface area contributed by atoms with Crippen LogP contribution in [0.3, 0.4) is 0 Å². The molecule has 1 saturated heterocycles. The maximum absolute atomic E-state index is 10.9. The van der Waals surface area contributed by atoms with Gasteiger partial charge in [0.1, 0.15) is 0 Å². The van der Waals surface area contributed by atoms with Crippen molar-refractivity contribution in [2.45, 2.75) is 26.7 Å². The van der Waals surface area contributed by atoms with E-state index in [0.717, 1.165) is 19.6 Å². The number of nitrogens with zero attached hydrogens (tertiary/aromatic N) is 1. The van der Waals surface area contributed by atoms with E-state index in [4.69, 9.17) is 5.11 Å². The lowest BCUT2D eigenvalue weighted by molar-refractivity contribution is -0.143. The first kappa shape index (κ1) is 10.5. The molecular formula is C10H19NO2. The van der Waals surface area contributed by atoms with Gasteiger partial charge in [-0.15, -0.1) is 0 Å². The SMILES string of the molecule is CC(C)C(CN1CCCC1)C(=O)O. The second-order valence-corrected chi connectivity index (χ2v) is 4.20. The van der Waals surface area contributed by atoms with E-state index in [0.29, 0.717) is 0 Å². The van der Waals surface area contributed by atoms with E-state index >= 15 is 0 Å². The first-order valence-electron chi connectivity index (χ1n) is 5.06. The highest BCUT2D eigenvalue weighted by Crippen LogP contribution is 2.16. The summed E-state index contributed by atoms with van der Waals surface area (Å²) in [6.45, 7) is 6.85. The number of likely N-dealkylation sites (tertiary alicyclic amines) is 1. The summed E-state index contributed by atoms with van der Waals surface area (Å²) in [5.74, 6) is -0.613. The summed E-state index contributed by atoms with van der Waals surface area (Å²) in [6, 6.07) is 0. The second-order valence-electron chi connectivity index (χ2n) is 4.20. The Morgan fingerprint density at radius 3 is 2.31 bits per heavy atom. The van der Waals surface area contributed by atoms with Gasteiger partial charge in [-0.3, -0.25) is 4.79 Å². The average Bonchev–Trinajstić information content (AvgIpc) is 2.50. The molecule has 0 bridgehead atoms. The third kappa shape index (κ3) is 2.99. The minimum atomic E-state index is -0.651. The number of carboxylic acids is 1. The van der Waals surface area contributed by atoms with Crippen LogP contribution < -0.4 is 0 Å². The van der Waals surface area contributed by atoms with Crippen LogP contribution in [0, 0.1) is 11.8 Å². The zero-order valence-corrected chi connectivity index (χ0v) is 8.49. The lowest BCUT2D eigenvalue weighted by Crippen LogP contribution is -2.34. The van der Waals surface area contributed by atoms with Crippen LogP contribution in [-0.2, 0) is 4.79 Å². The summed E-state index contributed by atoms with van der Waals surface area (Å²) in [5, 5.41) is 8.98. The third-order valence-electron chi connectivity index (χ3n) is 2.78. The van der Waals surface area contributed by atoms with Crippen LogP contribution in [0.1, 0.15) is 26.7 Å². The normalized spacial score (nSPS) is 20.8. The van der Waals surface area contributed by atoms with Crippen molar-refractivity contribution in [2.24, 2.45) is 11.8 Å². The highest BCUT2D eigenvalue weighted by molar-refractivity contribution is 5.70. The summed E-state index contributed by atoms with van der Waals surface area (Å²) in [4.78, 5) is 13.2. The van der Waals surface area contributed by atoms with E-state index in [-0.39, 0.29) is 11.8 Å². The maximum Gasteiger partial charge on any atom is 0.308 e. The molecule has 1 aliphatic heterocycles. The van der Waals surface area contributed by atoms with Crippen molar-refractivity contribution in [2.75, 3.05) is 19.6 Å². The fourth-order valence-electron chi connectivity index (χ4n) is 1.82. The Balaban J connectivity index is 2.41. The van der Waals surface area contributed by atoms with E-state index in [1.165, 1.54) is 12.8 Å². The Kier molecular flexibility index (Phi) is 3.72. The van der Waals surface area contributed by atoms with Gasteiger partial charge in [0.2, 0.25) is 0 Å². The second kappa shape index (κ2) is 4.61. The Morgan fingerprint density at radius 2 is 1.92 bits per heavy atom. The third-order valence-corrected chi connectivity index (χ3v) is 2.78. The zero-order valence-electron chi connectivity index (χ0n) is 8.49. The molecule has 0 aromatic carbocycles. The summed E-state index contributed by atoms with van der Waals surface area (Å²) in [5.41, 5.74) is 0. The minimum Gasteiger partial charge on any atom is -0.481 e. The monoisotopic (exact) mass is 185 g/mol. The molecule has 0 saturated carbocycles. The Bertz CT molecular complexity index is 174. The van der Waals surface area contributed by atoms with Gasteiger partial charge < -0.3 is 10.0 Å². The van der Waals surface area contributed by atoms with Gasteiger partial charge in [-0.25, -0.2) is 0 Å². The molecule has 0 spiro atoms. The van der Waals surface area contributed by atoms with Crippen LogP contribution in [0.25, 0.3) is 0 Å². The predicted molar refractivity (Wildman–Crippen MR) is 51.6 cm³/mol. The van der Waals surface area contributed by atoms with E-state index in [9.17, 15) is 4.79 Å². The molecule has 0 amide bonds. The molecule has 1 atom stereocenters. The molecule has 13 heavy (non-hydrogen) atoms. The first-order chi connectivity index (χ1) is 6.11. The van der Waals surface area contributed by atoms with Crippen molar-refractivity contribution in [3.63, 3.8) is 0 Å². The minimum absolute atomic E-state index is 0.196. The van der Waals surface area contributed by atoms with Gasteiger partial charge in [0.15, 0.2) is 0 Å². The van der Waals surface area contributed by atoms with Crippen LogP contribution in [0.4, 0.5) is 0 Å². The van der Waals surface area contributed by atoms with Gasteiger partial charge in [-0.2, -0.15) is 0 Å². The topological polar surface area (TPSA) is 40.5 Å². The summed E-state index contributed by atoms with van der Waals surface area (Å²) < 4.78 is 0. The van der Waals surface area contributed by atoms with Crippen molar-refractivity contribution in [3.8, 4) is 0 Å². The van der Waals surface area contributed by atoms with E-state index in [1.54, 1.807) is 0 Å². The molecule has 0 aromatic heterocycles. The van der Waals surface area contributed by atoms with Crippen LogP contribution in [-0.4, -0.2) is 35.6 Å². The maximum atomic E-state index is 10.9. The van der Waals surface area contributed by atoms with Crippen molar-refractivity contribution in [3.05, 3.63) is 0 Å². The molecule has 1 fully saturated rings. The molecule has 1 rings (SSSR count). The highest BCUT2D eigenvalue weighted by atomic mass is 16.4. The molecule has 76 valence electrons. The summed E-state index contributed by atoms with van der Waals surface area (Å²) in [6.07, 6.45) is 2.45. The lowest BCUT2D eigenvalue weighted by atomic mass is 9.95. The molecular weight excluding hydrogens is 166 g/mol. The number of hydrogen-bond donors (Lipinski definition) is 1. The van der Waals surface area contributed by atoms with Crippen molar-refractivity contribution < 1.29 is 9.90 Å². The molecule has 1 unspecified atom stereocenters. The van der Waals surface area contributed by atoms with Crippen molar-refractivity contribution >= 4 is 5.97 Å². The molecule has 1 aliphatic rings. The van der Waals surface area contributed by atoms with Crippen molar-refractivity contribution in [1.29, 1.82) is 0 Å². The number of aliphatic carboxylic acids is 1. The van der Waals surface area contributed by atoms with Gasteiger partial charge in [0.05, 0.1) is 5.92 Å². The molecule has 0 aromatic rings. The molecule has 0 radical (unpaired) electrons. The van der Waals surface area contributed by atoms with E-state index in [2.05, 4.69) is 4.90 Å². The Labute approximate surface area is 79.7 Å². The van der Waals surface area contributed by atoms with Crippen LogP contribution >= 0.6 is 0 Å². The predicted octanol–water partition coefficient (Wildman–Crippen LogP) is 1.44. The molecule has 3 nitrogen and oxygen atoms in total.